The van der Waals surface area contributed by atoms with Crippen LogP contribution < -0.4 is 10.6 Å². The van der Waals surface area contributed by atoms with E-state index in [0.717, 1.165) is 30.0 Å². The number of fused-ring (bicyclic) bond motifs is 1. The topological polar surface area (TPSA) is 55.0 Å². The van der Waals surface area contributed by atoms with Crippen molar-refractivity contribution in [3.63, 3.8) is 0 Å². The van der Waals surface area contributed by atoms with Gasteiger partial charge in [-0.3, -0.25) is 0 Å². The van der Waals surface area contributed by atoms with E-state index in [9.17, 15) is 0 Å². The average Bonchev–Trinajstić information content (AvgIpc) is 3.23. The molecule has 0 spiro atoms. The minimum absolute atomic E-state index is 0.578. The Hall–Kier alpha value is -2.10. The van der Waals surface area contributed by atoms with Crippen LogP contribution in [0, 0.1) is 0 Å². The lowest BCUT2D eigenvalue weighted by atomic mass is 10.1. The van der Waals surface area contributed by atoms with Crippen molar-refractivity contribution in [2.45, 2.75) is 25.2 Å². The maximum absolute atomic E-state index is 5.94. The molecule has 2 N–H and O–H groups in total. The molecule has 0 saturated heterocycles. The minimum atomic E-state index is 0.578. The molecule has 20 heavy (non-hydrogen) atoms. The molecule has 0 bridgehead atoms. The molecule has 1 aromatic heterocycles. The molecule has 0 unspecified atom stereocenters. The number of likely N-dealkylation sites (N-methyl/N-ethyl adjacent to an activating group) is 1. The van der Waals surface area contributed by atoms with Gasteiger partial charge in [0.1, 0.15) is 5.82 Å². The van der Waals surface area contributed by atoms with Crippen LogP contribution in [0.25, 0.3) is 11.4 Å². The fraction of sp³-hybridized carbons (Fsp3) is 0.375. The van der Waals surface area contributed by atoms with Crippen LogP contribution in [0.5, 0.6) is 0 Å². The van der Waals surface area contributed by atoms with Gasteiger partial charge >= 0.3 is 0 Å². The second kappa shape index (κ2) is 4.20. The van der Waals surface area contributed by atoms with E-state index in [0.29, 0.717) is 11.7 Å². The summed E-state index contributed by atoms with van der Waals surface area (Å²) in [4.78, 5) is 11.4. The van der Waals surface area contributed by atoms with Crippen molar-refractivity contribution in [3.05, 3.63) is 35.5 Å². The average molecular weight is 266 g/mol. The highest BCUT2D eigenvalue weighted by molar-refractivity contribution is 5.67. The highest BCUT2D eigenvalue weighted by Crippen LogP contribution is 2.40. The maximum atomic E-state index is 5.94. The van der Waals surface area contributed by atoms with Crippen LogP contribution in [0.4, 0.5) is 11.5 Å². The first-order valence-electron chi connectivity index (χ1n) is 7.19. The number of anilines is 2. The van der Waals surface area contributed by atoms with Crippen LogP contribution in [0.2, 0.25) is 0 Å². The standard InChI is InChI=1S/C16H18N4/c1-20-7-6-11-8-12(4-5-14(11)20)16-18-13(10-2-3-10)9-15(17)19-16/h4-5,8-10H,2-3,6-7H2,1H3,(H2,17,18,19). The lowest BCUT2D eigenvalue weighted by Crippen LogP contribution is -2.12. The summed E-state index contributed by atoms with van der Waals surface area (Å²) in [5, 5.41) is 0. The first-order chi connectivity index (χ1) is 9.70. The maximum Gasteiger partial charge on any atom is 0.161 e. The van der Waals surface area contributed by atoms with Crippen molar-refractivity contribution in [2.75, 3.05) is 24.2 Å². The number of nitrogens with zero attached hydrogens (tertiary/aromatic N) is 3. The molecule has 4 rings (SSSR count). The molecule has 4 heteroatoms. The number of rotatable bonds is 2. The van der Waals surface area contributed by atoms with Crippen molar-refractivity contribution in [3.8, 4) is 11.4 Å². The molecule has 0 amide bonds. The van der Waals surface area contributed by atoms with Gasteiger partial charge in [0, 0.05) is 42.5 Å². The Morgan fingerprint density at radius 1 is 1.20 bits per heavy atom. The third-order valence-corrected chi connectivity index (χ3v) is 4.23. The Bertz CT molecular complexity index is 676. The van der Waals surface area contributed by atoms with Gasteiger partial charge in [0.15, 0.2) is 5.82 Å². The first kappa shape index (κ1) is 11.7. The molecule has 1 aliphatic heterocycles. The van der Waals surface area contributed by atoms with Gasteiger partial charge in [0.05, 0.1) is 0 Å². The summed E-state index contributed by atoms with van der Waals surface area (Å²) in [6.07, 6.45) is 3.55. The second-order valence-corrected chi connectivity index (χ2v) is 5.83. The molecule has 2 aliphatic rings. The van der Waals surface area contributed by atoms with Crippen molar-refractivity contribution >= 4 is 11.5 Å². The van der Waals surface area contributed by atoms with Crippen molar-refractivity contribution in [2.24, 2.45) is 0 Å². The predicted octanol–water partition coefficient (Wildman–Crippen LogP) is 2.60. The van der Waals surface area contributed by atoms with E-state index in [4.69, 9.17) is 10.7 Å². The second-order valence-electron chi connectivity index (χ2n) is 5.83. The summed E-state index contributed by atoms with van der Waals surface area (Å²) in [6.45, 7) is 1.09. The molecule has 1 aliphatic carbocycles. The van der Waals surface area contributed by atoms with Gasteiger partial charge in [-0.25, -0.2) is 9.97 Å². The number of benzene rings is 1. The van der Waals surface area contributed by atoms with E-state index in [1.165, 1.54) is 24.1 Å². The molecule has 0 atom stereocenters. The monoisotopic (exact) mass is 266 g/mol. The van der Waals surface area contributed by atoms with Gasteiger partial charge in [-0.1, -0.05) is 0 Å². The van der Waals surface area contributed by atoms with Crippen LogP contribution in [0.1, 0.15) is 30.0 Å². The number of nitrogen functional groups attached to an aromatic ring is 1. The smallest absolute Gasteiger partial charge is 0.161 e. The number of aromatic nitrogens is 2. The molecule has 4 nitrogen and oxygen atoms in total. The summed E-state index contributed by atoms with van der Waals surface area (Å²) in [6, 6.07) is 8.40. The van der Waals surface area contributed by atoms with Gasteiger partial charge in [-0.2, -0.15) is 0 Å². The largest absolute Gasteiger partial charge is 0.384 e. The number of nitrogens with two attached hydrogens (primary N) is 1. The van der Waals surface area contributed by atoms with E-state index >= 15 is 0 Å². The predicted molar refractivity (Wildman–Crippen MR) is 80.8 cm³/mol. The Morgan fingerprint density at radius 2 is 2.05 bits per heavy atom. The number of hydrogen-bond acceptors (Lipinski definition) is 4. The Balaban J connectivity index is 1.77. The van der Waals surface area contributed by atoms with Crippen molar-refractivity contribution < 1.29 is 0 Å². The lowest BCUT2D eigenvalue weighted by Gasteiger charge is -2.12. The Labute approximate surface area is 118 Å². The van der Waals surface area contributed by atoms with Crippen molar-refractivity contribution in [1.29, 1.82) is 0 Å². The van der Waals surface area contributed by atoms with Crippen LogP contribution >= 0.6 is 0 Å². The van der Waals surface area contributed by atoms with E-state index in [-0.39, 0.29) is 0 Å². The molecule has 1 aromatic carbocycles. The fourth-order valence-electron chi connectivity index (χ4n) is 2.91. The molecule has 1 fully saturated rings. The summed E-state index contributed by atoms with van der Waals surface area (Å²) in [5.41, 5.74) is 10.8. The summed E-state index contributed by atoms with van der Waals surface area (Å²) in [7, 11) is 2.13. The van der Waals surface area contributed by atoms with E-state index in [2.05, 4.69) is 35.1 Å². The number of hydrogen-bond donors (Lipinski definition) is 1. The van der Waals surface area contributed by atoms with E-state index < -0.39 is 0 Å². The van der Waals surface area contributed by atoms with Crippen LogP contribution in [-0.4, -0.2) is 23.6 Å². The third kappa shape index (κ3) is 1.92. The normalized spacial score (nSPS) is 17.4. The van der Waals surface area contributed by atoms with Crippen molar-refractivity contribution in [1.82, 2.24) is 9.97 Å². The van der Waals surface area contributed by atoms with Gasteiger partial charge in [-0.15, -0.1) is 0 Å². The molecule has 0 radical (unpaired) electrons. The highest BCUT2D eigenvalue weighted by Gasteiger charge is 2.26. The van der Waals surface area contributed by atoms with Gasteiger partial charge in [-0.05, 0) is 43.0 Å². The zero-order chi connectivity index (χ0) is 13.7. The summed E-state index contributed by atoms with van der Waals surface area (Å²) in [5.74, 6) is 1.94. The van der Waals surface area contributed by atoms with E-state index in [1.54, 1.807) is 0 Å². The quantitative estimate of drug-likeness (QED) is 0.907. The van der Waals surface area contributed by atoms with Crippen LogP contribution in [-0.2, 0) is 6.42 Å². The zero-order valence-electron chi connectivity index (χ0n) is 11.6. The third-order valence-electron chi connectivity index (χ3n) is 4.23. The summed E-state index contributed by atoms with van der Waals surface area (Å²) >= 11 is 0. The highest BCUT2D eigenvalue weighted by atomic mass is 15.1. The molecular weight excluding hydrogens is 248 g/mol. The fourth-order valence-corrected chi connectivity index (χ4v) is 2.91. The Morgan fingerprint density at radius 3 is 2.85 bits per heavy atom. The summed E-state index contributed by atoms with van der Waals surface area (Å²) < 4.78 is 0. The SMILES string of the molecule is CN1CCc2cc(-c3nc(N)cc(C4CC4)n3)ccc21. The van der Waals surface area contributed by atoms with Crippen LogP contribution in [0.3, 0.4) is 0 Å². The Kier molecular flexibility index (Phi) is 2.46. The molecular formula is C16H18N4. The zero-order valence-corrected chi connectivity index (χ0v) is 11.6. The van der Waals surface area contributed by atoms with E-state index in [1.807, 2.05) is 6.07 Å². The van der Waals surface area contributed by atoms with Crippen LogP contribution in [0.15, 0.2) is 24.3 Å². The lowest BCUT2D eigenvalue weighted by molar-refractivity contribution is 0.956. The molecule has 102 valence electrons. The molecule has 2 aromatic rings. The molecule has 1 saturated carbocycles. The minimum Gasteiger partial charge on any atom is -0.384 e. The first-order valence-corrected chi connectivity index (χ1v) is 7.19. The molecule has 2 heterocycles. The van der Waals surface area contributed by atoms with Gasteiger partial charge in [0.2, 0.25) is 0 Å². The van der Waals surface area contributed by atoms with Gasteiger partial charge < -0.3 is 10.6 Å². The van der Waals surface area contributed by atoms with Gasteiger partial charge in [0.25, 0.3) is 0 Å².